The SMILES string of the molecule is COC(=O)CCC(C#N)(CC(OC)OC)c1ccccc1. The van der Waals surface area contributed by atoms with E-state index in [1.807, 2.05) is 30.3 Å². The summed E-state index contributed by atoms with van der Waals surface area (Å²) in [5, 5.41) is 9.74. The summed E-state index contributed by atoms with van der Waals surface area (Å²) >= 11 is 0. The van der Waals surface area contributed by atoms with Crippen molar-refractivity contribution in [3.63, 3.8) is 0 Å². The van der Waals surface area contributed by atoms with E-state index >= 15 is 0 Å². The summed E-state index contributed by atoms with van der Waals surface area (Å²) in [5.74, 6) is -0.336. The molecule has 0 saturated heterocycles. The molecule has 21 heavy (non-hydrogen) atoms. The maximum absolute atomic E-state index is 11.4. The fraction of sp³-hybridized carbons (Fsp3) is 0.500. The second kappa shape index (κ2) is 8.40. The molecule has 1 rings (SSSR count). The standard InChI is InChI=1S/C16H21NO4/c1-19-14(18)9-10-16(12-17,11-15(20-2)21-3)13-7-5-4-6-8-13/h4-8,15H,9-11H2,1-3H3. The Bertz CT molecular complexity index is 479. The van der Waals surface area contributed by atoms with Crippen LogP contribution in [0.5, 0.6) is 0 Å². The third kappa shape index (κ3) is 4.55. The Balaban J connectivity index is 3.07. The van der Waals surface area contributed by atoms with Gasteiger partial charge in [0.15, 0.2) is 6.29 Å². The molecular formula is C16H21NO4. The predicted octanol–water partition coefficient (Wildman–Crippen LogP) is 2.41. The van der Waals surface area contributed by atoms with Crippen molar-refractivity contribution in [2.24, 2.45) is 0 Å². The molecule has 1 atom stereocenters. The molecule has 5 nitrogen and oxygen atoms in total. The third-order valence-electron chi connectivity index (χ3n) is 3.56. The maximum atomic E-state index is 11.4. The van der Waals surface area contributed by atoms with E-state index in [-0.39, 0.29) is 12.4 Å². The van der Waals surface area contributed by atoms with Crippen molar-refractivity contribution in [3.8, 4) is 6.07 Å². The molecule has 1 aromatic rings. The monoisotopic (exact) mass is 291 g/mol. The van der Waals surface area contributed by atoms with Gasteiger partial charge in [0.25, 0.3) is 0 Å². The molecule has 1 aromatic carbocycles. The molecule has 114 valence electrons. The molecule has 0 amide bonds. The van der Waals surface area contributed by atoms with Crippen LogP contribution in [0.15, 0.2) is 30.3 Å². The van der Waals surface area contributed by atoms with Gasteiger partial charge in [0, 0.05) is 27.1 Å². The minimum absolute atomic E-state index is 0.166. The van der Waals surface area contributed by atoms with Crippen LogP contribution in [0.25, 0.3) is 0 Å². The van der Waals surface area contributed by atoms with E-state index < -0.39 is 11.7 Å². The van der Waals surface area contributed by atoms with Gasteiger partial charge in [0.2, 0.25) is 0 Å². The second-order valence-electron chi connectivity index (χ2n) is 4.74. The molecule has 0 aromatic heterocycles. The van der Waals surface area contributed by atoms with Crippen LogP contribution in [-0.2, 0) is 24.4 Å². The van der Waals surface area contributed by atoms with Crippen molar-refractivity contribution in [2.45, 2.75) is 31.0 Å². The van der Waals surface area contributed by atoms with Gasteiger partial charge in [-0.25, -0.2) is 0 Å². The number of hydrogen-bond donors (Lipinski definition) is 0. The number of methoxy groups -OCH3 is 3. The molecular weight excluding hydrogens is 270 g/mol. The van der Waals surface area contributed by atoms with Crippen LogP contribution in [0.1, 0.15) is 24.8 Å². The number of rotatable bonds is 8. The highest BCUT2D eigenvalue weighted by Gasteiger charge is 2.36. The van der Waals surface area contributed by atoms with E-state index in [0.717, 1.165) is 5.56 Å². The predicted molar refractivity (Wildman–Crippen MR) is 77.4 cm³/mol. The molecule has 0 fully saturated rings. The molecule has 5 heteroatoms. The first-order valence-corrected chi connectivity index (χ1v) is 6.71. The first-order valence-electron chi connectivity index (χ1n) is 6.71. The molecule has 0 bridgehead atoms. The van der Waals surface area contributed by atoms with Crippen LogP contribution in [0.3, 0.4) is 0 Å². The van der Waals surface area contributed by atoms with Gasteiger partial charge in [-0.3, -0.25) is 4.79 Å². The Morgan fingerprint density at radius 2 is 1.86 bits per heavy atom. The second-order valence-corrected chi connectivity index (χ2v) is 4.74. The summed E-state index contributed by atoms with van der Waals surface area (Å²) in [4.78, 5) is 11.4. The first kappa shape index (κ1) is 17.2. The minimum atomic E-state index is -0.855. The van der Waals surface area contributed by atoms with Gasteiger partial charge in [-0.05, 0) is 12.0 Å². The maximum Gasteiger partial charge on any atom is 0.305 e. The van der Waals surface area contributed by atoms with E-state index in [1.54, 1.807) is 0 Å². The Morgan fingerprint density at radius 1 is 1.24 bits per heavy atom. The quantitative estimate of drug-likeness (QED) is 0.543. The van der Waals surface area contributed by atoms with Crippen LogP contribution in [0.2, 0.25) is 0 Å². The Kier molecular flexibility index (Phi) is 6.86. The van der Waals surface area contributed by atoms with Crippen LogP contribution >= 0.6 is 0 Å². The average Bonchev–Trinajstić information content (AvgIpc) is 2.56. The van der Waals surface area contributed by atoms with Crippen LogP contribution < -0.4 is 0 Å². The Hall–Kier alpha value is -1.90. The van der Waals surface area contributed by atoms with E-state index in [2.05, 4.69) is 10.8 Å². The lowest BCUT2D eigenvalue weighted by Crippen LogP contribution is -2.32. The molecule has 0 radical (unpaired) electrons. The van der Waals surface area contributed by atoms with Crippen molar-refractivity contribution in [2.75, 3.05) is 21.3 Å². The fourth-order valence-corrected chi connectivity index (χ4v) is 2.25. The zero-order chi connectivity index (χ0) is 15.7. The number of esters is 1. The van der Waals surface area contributed by atoms with E-state index in [0.29, 0.717) is 12.8 Å². The topological polar surface area (TPSA) is 68.6 Å². The number of nitriles is 1. The molecule has 0 aliphatic rings. The molecule has 0 N–H and O–H groups in total. The summed E-state index contributed by atoms with van der Waals surface area (Å²) in [6.07, 6.45) is 0.350. The largest absolute Gasteiger partial charge is 0.469 e. The highest BCUT2D eigenvalue weighted by atomic mass is 16.7. The highest BCUT2D eigenvalue weighted by molar-refractivity contribution is 5.69. The van der Waals surface area contributed by atoms with Gasteiger partial charge in [0.05, 0.1) is 18.6 Å². The lowest BCUT2D eigenvalue weighted by molar-refractivity contribution is -0.141. The van der Waals surface area contributed by atoms with Gasteiger partial charge in [-0.15, -0.1) is 0 Å². The van der Waals surface area contributed by atoms with Crippen molar-refractivity contribution < 1.29 is 19.0 Å². The Labute approximate surface area is 125 Å². The molecule has 0 aliphatic carbocycles. The van der Waals surface area contributed by atoms with Gasteiger partial charge < -0.3 is 14.2 Å². The molecule has 1 unspecified atom stereocenters. The third-order valence-corrected chi connectivity index (χ3v) is 3.56. The number of carbonyl (C=O) groups excluding carboxylic acids is 1. The van der Waals surface area contributed by atoms with Crippen LogP contribution in [0, 0.1) is 11.3 Å². The van der Waals surface area contributed by atoms with Gasteiger partial charge in [-0.1, -0.05) is 30.3 Å². The number of hydrogen-bond acceptors (Lipinski definition) is 5. The molecule has 0 heterocycles. The zero-order valence-electron chi connectivity index (χ0n) is 12.7. The first-order chi connectivity index (χ1) is 10.1. The van der Waals surface area contributed by atoms with Crippen LogP contribution in [0.4, 0.5) is 0 Å². The summed E-state index contributed by atoms with van der Waals surface area (Å²) < 4.78 is 15.1. The van der Waals surface area contributed by atoms with Crippen molar-refractivity contribution in [1.82, 2.24) is 0 Å². The number of nitrogens with zero attached hydrogens (tertiary/aromatic N) is 1. The van der Waals surface area contributed by atoms with Crippen molar-refractivity contribution in [3.05, 3.63) is 35.9 Å². The van der Waals surface area contributed by atoms with Crippen molar-refractivity contribution in [1.29, 1.82) is 5.26 Å². The van der Waals surface area contributed by atoms with Crippen molar-refractivity contribution >= 4 is 5.97 Å². The summed E-state index contributed by atoms with van der Waals surface area (Å²) in [7, 11) is 4.40. The smallest absolute Gasteiger partial charge is 0.305 e. The normalized spacial score (nSPS) is 13.5. The molecule has 0 spiro atoms. The average molecular weight is 291 g/mol. The number of ether oxygens (including phenoxy) is 3. The summed E-state index contributed by atoms with van der Waals surface area (Å²) in [5.41, 5.74) is -0.0120. The molecule has 0 aliphatic heterocycles. The lowest BCUT2D eigenvalue weighted by Gasteiger charge is -2.30. The Morgan fingerprint density at radius 3 is 2.33 bits per heavy atom. The summed E-state index contributed by atoms with van der Waals surface area (Å²) in [6, 6.07) is 11.7. The van der Waals surface area contributed by atoms with Crippen LogP contribution in [-0.4, -0.2) is 33.6 Å². The molecule has 0 saturated carbocycles. The minimum Gasteiger partial charge on any atom is -0.469 e. The van der Waals surface area contributed by atoms with E-state index in [4.69, 9.17) is 9.47 Å². The zero-order valence-corrected chi connectivity index (χ0v) is 12.7. The van der Waals surface area contributed by atoms with E-state index in [9.17, 15) is 10.1 Å². The van der Waals surface area contributed by atoms with Gasteiger partial charge in [0.1, 0.15) is 0 Å². The highest BCUT2D eigenvalue weighted by Crippen LogP contribution is 2.34. The van der Waals surface area contributed by atoms with Gasteiger partial charge >= 0.3 is 5.97 Å². The van der Waals surface area contributed by atoms with Gasteiger partial charge in [-0.2, -0.15) is 5.26 Å². The lowest BCUT2D eigenvalue weighted by atomic mass is 9.75. The number of carbonyl (C=O) groups is 1. The van der Waals surface area contributed by atoms with E-state index in [1.165, 1.54) is 21.3 Å². The fourth-order valence-electron chi connectivity index (χ4n) is 2.25. The number of benzene rings is 1. The summed E-state index contributed by atoms with van der Waals surface area (Å²) in [6.45, 7) is 0.